The summed E-state index contributed by atoms with van der Waals surface area (Å²) < 4.78 is 43.2. The van der Waals surface area contributed by atoms with Gasteiger partial charge in [-0.05, 0) is 44.2 Å². The second kappa shape index (κ2) is 9.66. The number of hydrogen-bond donors (Lipinski definition) is 0. The molecule has 0 fully saturated rings. The molecule has 0 aliphatic heterocycles. The molecule has 2 rings (SSSR count). The van der Waals surface area contributed by atoms with Gasteiger partial charge in [0, 0.05) is 0 Å². The fourth-order valence-corrected chi connectivity index (χ4v) is 4.27. The monoisotopic (exact) mass is 427 g/mol. The van der Waals surface area contributed by atoms with Crippen molar-refractivity contribution < 1.29 is 27.4 Å². The number of ether oxygens (including phenoxy) is 3. The zero-order valence-corrected chi connectivity index (χ0v) is 17.4. The molecule has 0 heterocycles. The van der Waals surface area contributed by atoms with Crippen molar-refractivity contribution in [1.29, 1.82) is 0 Å². The van der Waals surface area contributed by atoms with E-state index in [0.717, 1.165) is 4.31 Å². The van der Waals surface area contributed by atoms with Crippen LogP contribution in [0.4, 0.5) is 5.69 Å². The van der Waals surface area contributed by atoms with Crippen LogP contribution in [0.3, 0.4) is 0 Å². The number of para-hydroxylation sites is 2. The molecule has 2 aromatic carbocycles. The van der Waals surface area contributed by atoms with E-state index in [1.165, 1.54) is 25.3 Å². The summed E-state index contributed by atoms with van der Waals surface area (Å²) >= 11 is 6.10. The largest absolute Gasteiger partial charge is 0.495 e. The maximum atomic E-state index is 13.3. The Balaban J connectivity index is 2.58. The smallest absolute Gasteiger partial charge is 0.326 e. The number of methoxy groups -OCH3 is 1. The summed E-state index contributed by atoms with van der Waals surface area (Å²) in [7, 11) is -2.71. The van der Waals surface area contributed by atoms with Crippen LogP contribution in [-0.2, 0) is 19.6 Å². The molecule has 0 saturated carbocycles. The van der Waals surface area contributed by atoms with Crippen molar-refractivity contribution in [1.82, 2.24) is 0 Å². The lowest BCUT2D eigenvalue weighted by atomic mass is 10.3. The number of anilines is 1. The zero-order chi connectivity index (χ0) is 20.7. The molecular weight excluding hydrogens is 406 g/mol. The highest BCUT2D eigenvalue weighted by molar-refractivity contribution is 7.92. The van der Waals surface area contributed by atoms with Crippen LogP contribution in [0.1, 0.15) is 13.8 Å². The van der Waals surface area contributed by atoms with E-state index in [-0.39, 0.29) is 22.2 Å². The van der Waals surface area contributed by atoms with Crippen LogP contribution in [0.15, 0.2) is 47.4 Å². The molecule has 0 bridgehead atoms. The number of halogens is 1. The summed E-state index contributed by atoms with van der Waals surface area (Å²) in [4.78, 5) is 12.0. The van der Waals surface area contributed by atoms with Gasteiger partial charge in [0.1, 0.15) is 18.0 Å². The van der Waals surface area contributed by atoms with Crippen LogP contribution in [0, 0.1) is 0 Å². The third kappa shape index (κ3) is 4.88. The Morgan fingerprint density at radius 1 is 1.07 bits per heavy atom. The number of rotatable bonds is 9. The van der Waals surface area contributed by atoms with Crippen LogP contribution in [-0.4, -0.2) is 41.3 Å². The van der Waals surface area contributed by atoms with Gasteiger partial charge in [0.05, 0.1) is 35.9 Å². The molecule has 0 amide bonds. The van der Waals surface area contributed by atoms with E-state index in [4.69, 9.17) is 25.8 Å². The highest BCUT2D eigenvalue weighted by Crippen LogP contribution is 2.34. The van der Waals surface area contributed by atoms with Crippen molar-refractivity contribution >= 4 is 33.3 Å². The number of nitrogens with zero attached hydrogens (tertiary/aromatic N) is 1. The standard InChI is InChI=1S/C19H22ClNO6S/c1-4-26-18-9-7-6-8-16(18)21(13-19(22)27-5-2)28(23,24)14-10-11-17(25-3)15(20)12-14/h6-12H,4-5,13H2,1-3H3. The van der Waals surface area contributed by atoms with Gasteiger partial charge in [-0.1, -0.05) is 23.7 Å². The van der Waals surface area contributed by atoms with Gasteiger partial charge in [0.2, 0.25) is 0 Å². The molecule has 0 atom stereocenters. The molecule has 0 unspecified atom stereocenters. The summed E-state index contributed by atoms with van der Waals surface area (Å²) in [6.45, 7) is 3.38. The van der Waals surface area contributed by atoms with Crippen LogP contribution in [0.5, 0.6) is 11.5 Å². The van der Waals surface area contributed by atoms with E-state index in [0.29, 0.717) is 18.1 Å². The summed E-state index contributed by atoms with van der Waals surface area (Å²) in [5, 5.41) is 0.137. The second-order valence-corrected chi connectivity index (χ2v) is 7.78. The second-order valence-electron chi connectivity index (χ2n) is 5.51. The zero-order valence-electron chi connectivity index (χ0n) is 15.8. The lowest BCUT2D eigenvalue weighted by Crippen LogP contribution is -2.37. The Bertz CT molecular complexity index is 932. The Hall–Kier alpha value is -2.45. The molecule has 0 aliphatic carbocycles. The van der Waals surface area contributed by atoms with Crippen LogP contribution < -0.4 is 13.8 Å². The third-order valence-corrected chi connectivity index (χ3v) is 5.77. The van der Waals surface area contributed by atoms with Gasteiger partial charge in [-0.15, -0.1) is 0 Å². The molecule has 0 saturated heterocycles. The summed E-state index contributed by atoms with van der Waals surface area (Å²) in [5.41, 5.74) is 0.226. The average Bonchev–Trinajstić information content (AvgIpc) is 2.67. The first kappa shape index (κ1) is 21.8. The Morgan fingerprint density at radius 3 is 2.39 bits per heavy atom. The molecule has 0 radical (unpaired) electrons. The minimum Gasteiger partial charge on any atom is -0.495 e. The molecule has 0 N–H and O–H groups in total. The predicted octanol–water partition coefficient (Wildman–Crippen LogP) is 3.51. The van der Waals surface area contributed by atoms with Gasteiger partial charge in [-0.25, -0.2) is 8.42 Å². The molecular formula is C19H22ClNO6S. The molecule has 9 heteroatoms. The van der Waals surface area contributed by atoms with E-state index >= 15 is 0 Å². The highest BCUT2D eigenvalue weighted by atomic mass is 35.5. The van der Waals surface area contributed by atoms with E-state index < -0.39 is 22.5 Å². The SMILES string of the molecule is CCOC(=O)CN(c1ccccc1OCC)S(=O)(=O)c1ccc(OC)c(Cl)c1. The van der Waals surface area contributed by atoms with Crippen LogP contribution >= 0.6 is 11.6 Å². The van der Waals surface area contributed by atoms with Gasteiger partial charge < -0.3 is 14.2 Å². The predicted molar refractivity (Wildman–Crippen MR) is 107 cm³/mol. The van der Waals surface area contributed by atoms with Gasteiger partial charge in [-0.3, -0.25) is 9.10 Å². The first-order valence-corrected chi connectivity index (χ1v) is 10.4. The van der Waals surface area contributed by atoms with E-state index in [1.54, 1.807) is 38.1 Å². The van der Waals surface area contributed by atoms with Crippen LogP contribution in [0.25, 0.3) is 0 Å². The Morgan fingerprint density at radius 2 is 1.79 bits per heavy atom. The van der Waals surface area contributed by atoms with Crippen molar-refractivity contribution in [3.8, 4) is 11.5 Å². The fraction of sp³-hybridized carbons (Fsp3) is 0.316. The van der Waals surface area contributed by atoms with E-state index in [9.17, 15) is 13.2 Å². The van der Waals surface area contributed by atoms with Crippen molar-refractivity contribution in [2.45, 2.75) is 18.7 Å². The lowest BCUT2D eigenvalue weighted by Gasteiger charge is -2.25. The summed E-state index contributed by atoms with van der Waals surface area (Å²) in [5.74, 6) is -0.0123. The molecule has 2 aromatic rings. The van der Waals surface area contributed by atoms with Gasteiger partial charge in [0.25, 0.3) is 10.0 Å². The van der Waals surface area contributed by atoms with Crippen molar-refractivity contribution in [3.63, 3.8) is 0 Å². The quantitative estimate of drug-likeness (QED) is 0.569. The molecule has 7 nitrogen and oxygen atoms in total. The molecule has 152 valence electrons. The Kier molecular flexibility index (Phi) is 7.53. The molecule has 0 spiro atoms. The summed E-state index contributed by atoms with van der Waals surface area (Å²) in [6.07, 6.45) is 0. The van der Waals surface area contributed by atoms with Gasteiger partial charge in [0.15, 0.2) is 0 Å². The number of sulfonamides is 1. The fourth-order valence-electron chi connectivity index (χ4n) is 2.50. The minimum atomic E-state index is -4.14. The third-order valence-electron chi connectivity index (χ3n) is 3.72. The number of hydrogen-bond acceptors (Lipinski definition) is 6. The molecule has 28 heavy (non-hydrogen) atoms. The first-order chi connectivity index (χ1) is 13.3. The van der Waals surface area contributed by atoms with Gasteiger partial charge >= 0.3 is 5.97 Å². The van der Waals surface area contributed by atoms with E-state index in [2.05, 4.69) is 0 Å². The van der Waals surface area contributed by atoms with Crippen molar-refractivity contribution in [2.24, 2.45) is 0 Å². The number of carbonyl (C=O) groups excluding carboxylic acids is 1. The topological polar surface area (TPSA) is 82.1 Å². The minimum absolute atomic E-state index is 0.0890. The lowest BCUT2D eigenvalue weighted by molar-refractivity contribution is -0.141. The number of esters is 1. The molecule has 0 aromatic heterocycles. The average molecular weight is 428 g/mol. The summed E-state index contributed by atoms with van der Waals surface area (Å²) in [6, 6.07) is 10.7. The first-order valence-electron chi connectivity index (χ1n) is 8.58. The maximum absolute atomic E-state index is 13.3. The molecule has 0 aliphatic rings. The van der Waals surface area contributed by atoms with Gasteiger partial charge in [-0.2, -0.15) is 0 Å². The normalized spacial score (nSPS) is 11.0. The Labute approximate surface area is 169 Å². The van der Waals surface area contributed by atoms with E-state index in [1.807, 2.05) is 0 Å². The number of carbonyl (C=O) groups is 1. The van der Waals surface area contributed by atoms with Crippen molar-refractivity contribution in [2.75, 3.05) is 31.2 Å². The highest BCUT2D eigenvalue weighted by Gasteiger charge is 2.30. The van der Waals surface area contributed by atoms with Crippen LogP contribution in [0.2, 0.25) is 5.02 Å². The van der Waals surface area contributed by atoms with Crippen molar-refractivity contribution in [3.05, 3.63) is 47.5 Å². The maximum Gasteiger partial charge on any atom is 0.326 e. The number of benzene rings is 2.